The molecule has 0 aliphatic heterocycles. The average Bonchev–Trinajstić information content (AvgIpc) is 2.48. The van der Waals surface area contributed by atoms with Gasteiger partial charge in [-0.2, -0.15) is 5.26 Å². The van der Waals surface area contributed by atoms with Crippen molar-refractivity contribution in [1.82, 2.24) is 0 Å². The lowest BCUT2D eigenvalue weighted by molar-refractivity contribution is -0.383. The molecule has 6 heteroatoms. The minimum Gasteiger partial charge on any atom is -0.335 e. The molecule has 2 aromatic rings. The van der Waals surface area contributed by atoms with E-state index in [4.69, 9.17) is 16.9 Å². The van der Waals surface area contributed by atoms with Crippen molar-refractivity contribution in [1.29, 1.82) is 5.26 Å². The summed E-state index contributed by atoms with van der Waals surface area (Å²) in [6, 6.07) is 16.0. The maximum Gasteiger partial charge on any atom is 0.311 e. The van der Waals surface area contributed by atoms with Gasteiger partial charge in [0, 0.05) is 12.2 Å². The lowest BCUT2D eigenvalue weighted by atomic mass is 10.2. The van der Waals surface area contributed by atoms with E-state index in [2.05, 4.69) is 6.07 Å². The lowest BCUT2D eigenvalue weighted by Crippen LogP contribution is -2.19. The van der Waals surface area contributed by atoms with Gasteiger partial charge >= 0.3 is 5.69 Å². The molecule has 0 saturated heterocycles. The molecule has 106 valence electrons. The number of hydrogen-bond donors (Lipinski definition) is 0. The summed E-state index contributed by atoms with van der Waals surface area (Å²) in [6.45, 7) is 0.349. The highest BCUT2D eigenvalue weighted by Crippen LogP contribution is 2.38. The van der Waals surface area contributed by atoms with Crippen molar-refractivity contribution in [3.05, 3.63) is 63.7 Å². The molecule has 0 atom stereocenters. The van der Waals surface area contributed by atoms with Crippen LogP contribution in [-0.4, -0.2) is 11.5 Å². The van der Waals surface area contributed by atoms with E-state index in [-0.39, 0.29) is 17.1 Å². The Morgan fingerprint density at radius 2 is 1.90 bits per heavy atom. The minimum absolute atomic E-state index is 0.0791. The predicted molar refractivity (Wildman–Crippen MR) is 81.8 cm³/mol. The summed E-state index contributed by atoms with van der Waals surface area (Å²) in [4.78, 5) is 12.5. The summed E-state index contributed by atoms with van der Waals surface area (Å²) >= 11 is 5.96. The van der Waals surface area contributed by atoms with Gasteiger partial charge in [0.2, 0.25) is 0 Å². The van der Waals surface area contributed by atoms with Crippen LogP contribution in [0, 0.1) is 21.4 Å². The Morgan fingerprint density at radius 3 is 2.52 bits per heavy atom. The Labute approximate surface area is 127 Å². The Morgan fingerprint density at radius 1 is 1.19 bits per heavy atom. The third-order valence-corrected chi connectivity index (χ3v) is 3.26. The molecule has 0 aromatic heterocycles. The fourth-order valence-corrected chi connectivity index (χ4v) is 2.30. The summed E-state index contributed by atoms with van der Waals surface area (Å²) in [6.07, 6.45) is 0.249. The minimum atomic E-state index is -0.500. The first-order chi connectivity index (χ1) is 10.1. The monoisotopic (exact) mass is 301 g/mol. The topological polar surface area (TPSA) is 70.2 Å². The summed E-state index contributed by atoms with van der Waals surface area (Å²) in [5.74, 6) is 0. The van der Waals surface area contributed by atoms with E-state index < -0.39 is 4.92 Å². The molecule has 0 unspecified atom stereocenters. The first-order valence-electron chi connectivity index (χ1n) is 6.27. The molecule has 0 amide bonds. The van der Waals surface area contributed by atoms with Crippen molar-refractivity contribution in [3.63, 3.8) is 0 Å². The molecule has 0 fully saturated rings. The zero-order valence-electron chi connectivity index (χ0n) is 11.1. The second-order valence-electron chi connectivity index (χ2n) is 4.26. The molecule has 5 nitrogen and oxygen atoms in total. The zero-order chi connectivity index (χ0) is 15.2. The van der Waals surface area contributed by atoms with Gasteiger partial charge in [-0.3, -0.25) is 10.1 Å². The van der Waals surface area contributed by atoms with E-state index in [9.17, 15) is 10.1 Å². The van der Waals surface area contributed by atoms with Crippen molar-refractivity contribution < 1.29 is 4.92 Å². The van der Waals surface area contributed by atoms with Crippen LogP contribution in [0.15, 0.2) is 48.5 Å². The summed E-state index contributed by atoms with van der Waals surface area (Å²) in [5.41, 5.74) is 1.01. The number of rotatable bonds is 5. The average molecular weight is 302 g/mol. The van der Waals surface area contributed by atoms with Crippen LogP contribution >= 0.6 is 11.6 Å². The Hall–Kier alpha value is -2.58. The molecule has 0 radical (unpaired) electrons. The molecule has 0 N–H and O–H groups in total. The molecular weight excluding hydrogens is 290 g/mol. The van der Waals surface area contributed by atoms with E-state index in [1.54, 1.807) is 17.0 Å². The number of para-hydroxylation sites is 2. The Bertz CT molecular complexity index is 683. The molecule has 0 aliphatic rings. The molecule has 2 rings (SSSR count). The number of nitro benzene ring substituents is 1. The van der Waals surface area contributed by atoms with E-state index in [0.717, 1.165) is 5.69 Å². The number of anilines is 2. The largest absolute Gasteiger partial charge is 0.335 e. The van der Waals surface area contributed by atoms with Gasteiger partial charge in [-0.15, -0.1) is 0 Å². The molecule has 0 bridgehead atoms. The van der Waals surface area contributed by atoms with Crippen LogP contribution in [0.2, 0.25) is 5.02 Å². The fraction of sp³-hybridized carbons (Fsp3) is 0.133. The number of nitriles is 1. The van der Waals surface area contributed by atoms with Gasteiger partial charge in [0.1, 0.15) is 10.7 Å². The maximum atomic E-state index is 11.3. The highest BCUT2D eigenvalue weighted by Gasteiger charge is 2.23. The van der Waals surface area contributed by atoms with Gasteiger partial charge in [-0.25, -0.2) is 0 Å². The smallest absolute Gasteiger partial charge is 0.311 e. The van der Waals surface area contributed by atoms with Gasteiger partial charge < -0.3 is 4.90 Å². The van der Waals surface area contributed by atoms with E-state index >= 15 is 0 Å². The van der Waals surface area contributed by atoms with E-state index in [1.165, 1.54) is 6.07 Å². The van der Waals surface area contributed by atoms with Gasteiger partial charge in [0.25, 0.3) is 0 Å². The highest BCUT2D eigenvalue weighted by atomic mass is 35.5. The summed E-state index contributed by atoms with van der Waals surface area (Å²) in [7, 11) is 0. The van der Waals surface area contributed by atoms with Crippen molar-refractivity contribution in [2.75, 3.05) is 11.4 Å². The summed E-state index contributed by atoms with van der Waals surface area (Å²) in [5, 5.41) is 20.2. The normalized spacial score (nSPS) is 9.90. The SMILES string of the molecule is N#CCCN(c1ccccc1)c1cccc(Cl)c1[N+](=O)[O-]. The Kier molecular flexibility index (Phi) is 4.75. The van der Waals surface area contributed by atoms with Crippen LogP contribution in [0.1, 0.15) is 6.42 Å². The van der Waals surface area contributed by atoms with Crippen LogP contribution < -0.4 is 4.90 Å². The molecule has 2 aromatic carbocycles. The van der Waals surface area contributed by atoms with Crippen molar-refractivity contribution in [3.8, 4) is 6.07 Å². The zero-order valence-corrected chi connectivity index (χ0v) is 11.8. The van der Waals surface area contributed by atoms with E-state index in [1.807, 2.05) is 30.3 Å². The van der Waals surface area contributed by atoms with Crippen molar-refractivity contribution in [2.24, 2.45) is 0 Å². The standard InChI is InChI=1S/C15H12ClN3O2/c16-13-8-4-9-14(15(13)19(20)21)18(11-5-10-17)12-6-2-1-3-7-12/h1-4,6-9H,5,11H2. The van der Waals surface area contributed by atoms with Crippen molar-refractivity contribution in [2.45, 2.75) is 6.42 Å². The van der Waals surface area contributed by atoms with Crippen LogP contribution in [0.3, 0.4) is 0 Å². The van der Waals surface area contributed by atoms with Gasteiger partial charge in [0.05, 0.1) is 17.4 Å². The third-order valence-electron chi connectivity index (χ3n) is 2.95. The van der Waals surface area contributed by atoms with Crippen LogP contribution in [-0.2, 0) is 0 Å². The number of halogens is 1. The second kappa shape index (κ2) is 6.73. The number of hydrogen-bond acceptors (Lipinski definition) is 4. The fourth-order valence-electron chi connectivity index (χ4n) is 2.06. The van der Waals surface area contributed by atoms with Gasteiger partial charge in [-0.05, 0) is 24.3 Å². The molecule has 21 heavy (non-hydrogen) atoms. The van der Waals surface area contributed by atoms with Gasteiger partial charge in [0.15, 0.2) is 0 Å². The molecule has 0 heterocycles. The van der Waals surface area contributed by atoms with Crippen LogP contribution in [0.4, 0.5) is 17.1 Å². The second-order valence-corrected chi connectivity index (χ2v) is 4.67. The lowest BCUT2D eigenvalue weighted by Gasteiger charge is -2.23. The maximum absolute atomic E-state index is 11.3. The predicted octanol–water partition coefficient (Wildman–Crippen LogP) is 4.30. The van der Waals surface area contributed by atoms with Crippen molar-refractivity contribution >= 4 is 28.7 Å². The van der Waals surface area contributed by atoms with E-state index in [0.29, 0.717) is 12.2 Å². The molecule has 0 spiro atoms. The summed E-state index contributed by atoms with van der Waals surface area (Å²) < 4.78 is 0. The van der Waals surface area contributed by atoms with Gasteiger partial charge in [-0.1, -0.05) is 35.9 Å². The quantitative estimate of drug-likeness (QED) is 0.610. The Balaban J connectivity index is 2.55. The number of benzene rings is 2. The molecule has 0 saturated carbocycles. The highest BCUT2D eigenvalue weighted by molar-refractivity contribution is 6.33. The first-order valence-corrected chi connectivity index (χ1v) is 6.65. The molecular formula is C15H12ClN3O2. The third kappa shape index (κ3) is 3.30. The van der Waals surface area contributed by atoms with Crippen LogP contribution in [0.25, 0.3) is 0 Å². The van der Waals surface area contributed by atoms with Crippen LogP contribution in [0.5, 0.6) is 0 Å². The first kappa shape index (κ1) is 14.8. The number of nitrogens with zero attached hydrogens (tertiary/aromatic N) is 3. The number of nitro groups is 1. The molecule has 0 aliphatic carbocycles.